The number of amides is 1. The van der Waals surface area contributed by atoms with Crippen molar-refractivity contribution in [2.75, 3.05) is 18.1 Å². The zero-order valence-corrected chi connectivity index (χ0v) is 13.0. The topological polar surface area (TPSA) is 70.4 Å². The molecule has 0 saturated heterocycles. The highest BCUT2D eigenvalue weighted by atomic mass is 32.1. The number of para-hydroxylation sites is 1. The third-order valence-corrected chi connectivity index (χ3v) is 3.70. The molecular formula is C17H14N2O3S. The van der Waals surface area contributed by atoms with Gasteiger partial charge >= 0.3 is 5.97 Å². The van der Waals surface area contributed by atoms with Crippen LogP contribution in [0.1, 0.15) is 4.88 Å². The van der Waals surface area contributed by atoms with Crippen LogP contribution in [0.2, 0.25) is 0 Å². The Balaban J connectivity index is 1.92. The SMILES string of the molecule is N#CCN(C(=O)COC(=O)/C=C/c1cccs1)c1ccccc1. The molecule has 5 nitrogen and oxygen atoms in total. The Morgan fingerprint density at radius 3 is 2.65 bits per heavy atom. The molecule has 0 aliphatic rings. The number of thiophene rings is 1. The zero-order valence-electron chi connectivity index (χ0n) is 12.2. The minimum Gasteiger partial charge on any atom is -0.452 e. The van der Waals surface area contributed by atoms with Gasteiger partial charge in [0, 0.05) is 16.6 Å². The number of carbonyl (C=O) groups excluding carboxylic acids is 2. The normalized spacial score (nSPS) is 10.2. The highest BCUT2D eigenvalue weighted by Gasteiger charge is 2.16. The number of hydrogen-bond donors (Lipinski definition) is 0. The fourth-order valence-corrected chi connectivity index (χ4v) is 2.42. The highest BCUT2D eigenvalue weighted by molar-refractivity contribution is 7.10. The highest BCUT2D eigenvalue weighted by Crippen LogP contribution is 2.13. The van der Waals surface area contributed by atoms with Crippen molar-refractivity contribution in [2.45, 2.75) is 0 Å². The lowest BCUT2D eigenvalue weighted by Gasteiger charge is -2.19. The van der Waals surface area contributed by atoms with Crippen LogP contribution >= 0.6 is 11.3 Å². The van der Waals surface area contributed by atoms with Gasteiger partial charge in [-0.2, -0.15) is 5.26 Å². The average Bonchev–Trinajstić information content (AvgIpc) is 3.10. The molecule has 2 aromatic rings. The van der Waals surface area contributed by atoms with Crippen LogP contribution in [0.15, 0.2) is 53.9 Å². The number of rotatable bonds is 6. The van der Waals surface area contributed by atoms with Crippen molar-refractivity contribution in [3.8, 4) is 6.07 Å². The van der Waals surface area contributed by atoms with E-state index in [-0.39, 0.29) is 6.54 Å². The zero-order chi connectivity index (χ0) is 16.5. The minimum atomic E-state index is -0.600. The van der Waals surface area contributed by atoms with E-state index in [9.17, 15) is 9.59 Å². The van der Waals surface area contributed by atoms with E-state index in [2.05, 4.69) is 0 Å². The number of nitrogens with zero attached hydrogens (tertiary/aromatic N) is 2. The summed E-state index contributed by atoms with van der Waals surface area (Å²) >= 11 is 1.49. The smallest absolute Gasteiger partial charge is 0.331 e. The van der Waals surface area contributed by atoms with E-state index in [1.54, 1.807) is 30.3 Å². The second-order valence-electron chi connectivity index (χ2n) is 4.43. The molecule has 1 amide bonds. The summed E-state index contributed by atoms with van der Waals surface area (Å²) in [5, 5.41) is 10.7. The third kappa shape index (κ3) is 5.09. The van der Waals surface area contributed by atoms with Crippen LogP contribution in [0.25, 0.3) is 6.08 Å². The van der Waals surface area contributed by atoms with E-state index in [0.29, 0.717) is 5.69 Å². The van der Waals surface area contributed by atoms with Gasteiger partial charge in [0.25, 0.3) is 5.91 Å². The maximum absolute atomic E-state index is 12.1. The summed E-state index contributed by atoms with van der Waals surface area (Å²) in [5.74, 6) is -1.05. The van der Waals surface area contributed by atoms with Gasteiger partial charge in [-0.1, -0.05) is 24.3 Å². The van der Waals surface area contributed by atoms with Crippen molar-refractivity contribution in [3.05, 3.63) is 58.8 Å². The van der Waals surface area contributed by atoms with Crippen molar-refractivity contribution >= 4 is 35.0 Å². The Bertz CT molecular complexity index is 718. The summed E-state index contributed by atoms with van der Waals surface area (Å²) in [5.41, 5.74) is 0.587. The molecule has 0 radical (unpaired) electrons. The van der Waals surface area contributed by atoms with Crippen molar-refractivity contribution in [2.24, 2.45) is 0 Å². The van der Waals surface area contributed by atoms with Gasteiger partial charge in [0.05, 0.1) is 6.07 Å². The molecule has 0 N–H and O–H groups in total. The summed E-state index contributed by atoms with van der Waals surface area (Å²) in [6.07, 6.45) is 2.90. The number of benzene rings is 1. The Hall–Kier alpha value is -2.91. The molecule has 23 heavy (non-hydrogen) atoms. The summed E-state index contributed by atoms with van der Waals surface area (Å²) < 4.78 is 4.93. The van der Waals surface area contributed by atoms with E-state index in [4.69, 9.17) is 10.00 Å². The average molecular weight is 326 g/mol. The molecule has 116 valence electrons. The first-order valence-electron chi connectivity index (χ1n) is 6.81. The molecular weight excluding hydrogens is 312 g/mol. The molecule has 0 aliphatic heterocycles. The Morgan fingerprint density at radius 1 is 1.22 bits per heavy atom. The van der Waals surface area contributed by atoms with Gasteiger partial charge in [0.15, 0.2) is 6.61 Å². The van der Waals surface area contributed by atoms with Gasteiger partial charge < -0.3 is 4.74 Å². The first-order valence-corrected chi connectivity index (χ1v) is 7.69. The molecule has 0 aliphatic carbocycles. The fourth-order valence-electron chi connectivity index (χ4n) is 1.80. The monoisotopic (exact) mass is 326 g/mol. The van der Waals surface area contributed by atoms with Crippen LogP contribution in [-0.2, 0) is 14.3 Å². The fraction of sp³-hybridized carbons (Fsp3) is 0.118. The predicted octanol–water partition coefficient (Wildman–Crippen LogP) is 2.86. The van der Waals surface area contributed by atoms with Gasteiger partial charge in [-0.25, -0.2) is 4.79 Å². The molecule has 1 heterocycles. The molecule has 1 aromatic heterocycles. The Kier molecular flexibility index (Phi) is 6.09. The molecule has 0 saturated carbocycles. The number of carbonyl (C=O) groups is 2. The minimum absolute atomic E-state index is 0.106. The largest absolute Gasteiger partial charge is 0.452 e. The van der Waals surface area contributed by atoms with Gasteiger partial charge in [-0.05, 0) is 29.7 Å². The lowest BCUT2D eigenvalue weighted by molar-refractivity contribution is -0.142. The van der Waals surface area contributed by atoms with Crippen LogP contribution in [0, 0.1) is 11.3 Å². The van der Waals surface area contributed by atoms with Gasteiger partial charge in [0.2, 0.25) is 0 Å². The third-order valence-electron chi connectivity index (χ3n) is 2.86. The number of anilines is 1. The molecule has 0 bridgehead atoms. The number of esters is 1. The quantitative estimate of drug-likeness (QED) is 0.465. The lowest BCUT2D eigenvalue weighted by Crippen LogP contribution is -2.34. The summed E-state index contributed by atoms with van der Waals surface area (Å²) in [6, 6.07) is 14.4. The molecule has 1 aromatic carbocycles. The van der Waals surface area contributed by atoms with E-state index < -0.39 is 18.5 Å². The summed E-state index contributed by atoms with van der Waals surface area (Å²) in [7, 11) is 0. The van der Waals surface area contributed by atoms with E-state index in [0.717, 1.165) is 4.88 Å². The Labute approximate surface area is 138 Å². The van der Waals surface area contributed by atoms with E-state index >= 15 is 0 Å². The van der Waals surface area contributed by atoms with Crippen molar-refractivity contribution in [1.29, 1.82) is 5.26 Å². The van der Waals surface area contributed by atoms with E-state index in [1.807, 2.05) is 29.6 Å². The van der Waals surface area contributed by atoms with Crippen LogP contribution in [0.4, 0.5) is 5.69 Å². The predicted molar refractivity (Wildman–Crippen MR) is 88.7 cm³/mol. The Morgan fingerprint density at radius 2 is 2.00 bits per heavy atom. The number of ether oxygens (including phenoxy) is 1. The van der Waals surface area contributed by atoms with Crippen LogP contribution in [-0.4, -0.2) is 25.0 Å². The van der Waals surface area contributed by atoms with Gasteiger partial charge in [-0.3, -0.25) is 9.69 Å². The molecule has 0 spiro atoms. The van der Waals surface area contributed by atoms with E-state index in [1.165, 1.54) is 22.3 Å². The number of hydrogen-bond acceptors (Lipinski definition) is 5. The number of nitriles is 1. The van der Waals surface area contributed by atoms with Crippen molar-refractivity contribution in [3.63, 3.8) is 0 Å². The molecule has 6 heteroatoms. The molecule has 0 atom stereocenters. The van der Waals surface area contributed by atoms with Crippen LogP contribution in [0.5, 0.6) is 0 Å². The van der Waals surface area contributed by atoms with Gasteiger partial charge in [0.1, 0.15) is 6.54 Å². The summed E-state index contributed by atoms with van der Waals surface area (Å²) in [6.45, 7) is -0.518. The maximum Gasteiger partial charge on any atom is 0.331 e. The first-order chi connectivity index (χ1) is 11.2. The van der Waals surface area contributed by atoms with Crippen molar-refractivity contribution in [1.82, 2.24) is 0 Å². The second kappa shape index (κ2) is 8.51. The lowest BCUT2D eigenvalue weighted by atomic mass is 10.3. The first kappa shape index (κ1) is 16.5. The molecule has 0 unspecified atom stereocenters. The summed E-state index contributed by atoms with van der Waals surface area (Å²) in [4.78, 5) is 26.0. The van der Waals surface area contributed by atoms with Crippen LogP contribution in [0.3, 0.4) is 0 Å². The maximum atomic E-state index is 12.1. The van der Waals surface area contributed by atoms with Crippen LogP contribution < -0.4 is 4.90 Å². The van der Waals surface area contributed by atoms with Gasteiger partial charge in [-0.15, -0.1) is 11.3 Å². The standard InChI is InChI=1S/C17H14N2O3S/c18-10-11-19(14-5-2-1-3-6-14)16(20)13-22-17(21)9-8-15-7-4-12-23-15/h1-9,12H,11,13H2/b9-8+. The molecule has 0 fully saturated rings. The second-order valence-corrected chi connectivity index (χ2v) is 5.41. The molecule has 2 rings (SSSR count). The van der Waals surface area contributed by atoms with Crippen molar-refractivity contribution < 1.29 is 14.3 Å².